The fourth-order valence-corrected chi connectivity index (χ4v) is 3.08. The van der Waals surface area contributed by atoms with Gasteiger partial charge in [0.05, 0.1) is 0 Å². The fraction of sp³-hybridized carbons (Fsp3) is 0.500. The molecule has 1 aliphatic carbocycles. The van der Waals surface area contributed by atoms with E-state index in [9.17, 15) is 4.79 Å². The van der Waals surface area contributed by atoms with E-state index in [2.05, 4.69) is 15.9 Å². The summed E-state index contributed by atoms with van der Waals surface area (Å²) in [7, 11) is 0. The smallest absolute Gasteiger partial charge is 0.144 e. The second-order valence-electron chi connectivity index (χ2n) is 4.88. The third-order valence-electron chi connectivity index (χ3n) is 3.85. The summed E-state index contributed by atoms with van der Waals surface area (Å²) in [6.45, 7) is 0.496. The maximum absolute atomic E-state index is 12.4. The molecular formula is C14H18BrNO. The number of rotatable bonds is 4. The topological polar surface area (TPSA) is 43.1 Å². The fourth-order valence-electron chi connectivity index (χ4n) is 2.65. The predicted octanol–water partition coefficient (Wildman–Crippen LogP) is 3.08. The Kier molecular flexibility index (Phi) is 4.00. The highest BCUT2D eigenvalue weighted by molar-refractivity contribution is 9.10. The quantitative estimate of drug-likeness (QED) is 0.928. The predicted molar refractivity (Wildman–Crippen MR) is 72.8 cm³/mol. The van der Waals surface area contributed by atoms with Crippen molar-refractivity contribution in [2.45, 2.75) is 32.1 Å². The minimum Gasteiger partial charge on any atom is -0.329 e. The van der Waals surface area contributed by atoms with Crippen molar-refractivity contribution >= 4 is 21.7 Å². The van der Waals surface area contributed by atoms with Crippen LogP contribution in [0.4, 0.5) is 0 Å². The van der Waals surface area contributed by atoms with Gasteiger partial charge in [0, 0.05) is 22.9 Å². The molecule has 0 unspecified atom stereocenters. The van der Waals surface area contributed by atoms with E-state index in [0.717, 1.165) is 35.7 Å². The highest BCUT2D eigenvalue weighted by Crippen LogP contribution is 2.39. The Balaban J connectivity index is 2.14. The monoisotopic (exact) mass is 295 g/mol. The molecule has 1 aromatic rings. The molecule has 1 fully saturated rings. The zero-order chi connectivity index (χ0) is 12.3. The van der Waals surface area contributed by atoms with Gasteiger partial charge in [0.15, 0.2) is 0 Å². The zero-order valence-electron chi connectivity index (χ0n) is 9.92. The number of hydrogen-bond acceptors (Lipinski definition) is 2. The van der Waals surface area contributed by atoms with E-state index >= 15 is 0 Å². The van der Waals surface area contributed by atoms with Crippen molar-refractivity contribution in [1.82, 2.24) is 0 Å². The highest BCUT2D eigenvalue weighted by Gasteiger charge is 2.39. The largest absolute Gasteiger partial charge is 0.329 e. The zero-order valence-corrected chi connectivity index (χ0v) is 11.5. The molecule has 0 radical (unpaired) electrons. The molecule has 1 aromatic carbocycles. The van der Waals surface area contributed by atoms with Crippen LogP contribution in [0, 0.1) is 5.41 Å². The summed E-state index contributed by atoms with van der Waals surface area (Å²) < 4.78 is 1.01. The number of benzene rings is 1. The van der Waals surface area contributed by atoms with Crippen molar-refractivity contribution in [3.05, 3.63) is 34.3 Å². The molecule has 0 aliphatic heterocycles. The molecule has 92 valence electrons. The third kappa shape index (κ3) is 2.61. The van der Waals surface area contributed by atoms with E-state index in [1.54, 1.807) is 0 Å². The highest BCUT2D eigenvalue weighted by atomic mass is 79.9. The minimum absolute atomic E-state index is 0.241. The molecule has 1 aliphatic rings. The number of carbonyl (C=O) groups excluding carboxylic acids is 1. The first kappa shape index (κ1) is 12.8. The normalized spacial score (nSPS) is 18.2. The van der Waals surface area contributed by atoms with Crippen LogP contribution in [0.2, 0.25) is 0 Å². The molecule has 0 atom stereocenters. The Morgan fingerprint density at radius 2 is 1.94 bits per heavy atom. The number of hydrogen-bond donors (Lipinski definition) is 1. The molecule has 0 bridgehead atoms. The Labute approximate surface area is 111 Å². The van der Waals surface area contributed by atoms with Gasteiger partial charge in [-0.15, -0.1) is 0 Å². The number of halogens is 1. The van der Waals surface area contributed by atoms with Gasteiger partial charge >= 0.3 is 0 Å². The lowest BCUT2D eigenvalue weighted by molar-refractivity contribution is -0.127. The molecule has 0 aromatic heterocycles. The Morgan fingerprint density at radius 3 is 2.53 bits per heavy atom. The molecular weight excluding hydrogens is 278 g/mol. The first-order valence-corrected chi connectivity index (χ1v) is 6.94. The summed E-state index contributed by atoms with van der Waals surface area (Å²) in [5.74, 6) is 0.310. The number of nitrogens with two attached hydrogens (primary N) is 1. The lowest BCUT2D eigenvalue weighted by atomic mass is 9.79. The molecule has 17 heavy (non-hydrogen) atoms. The van der Waals surface area contributed by atoms with Gasteiger partial charge in [0.25, 0.3) is 0 Å². The van der Waals surface area contributed by atoms with Crippen molar-refractivity contribution in [2.75, 3.05) is 6.54 Å². The molecule has 1 saturated carbocycles. The summed E-state index contributed by atoms with van der Waals surface area (Å²) >= 11 is 3.49. The van der Waals surface area contributed by atoms with E-state index in [0.29, 0.717) is 18.7 Å². The van der Waals surface area contributed by atoms with E-state index < -0.39 is 0 Å². The average Bonchev–Trinajstić information content (AvgIpc) is 2.82. The molecule has 0 saturated heterocycles. The summed E-state index contributed by atoms with van der Waals surface area (Å²) in [6.07, 6.45) is 4.70. The lowest BCUT2D eigenvalue weighted by Gasteiger charge is -2.25. The summed E-state index contributed by atoms with van der Waals surface area (Å²) in [6, 6.07) is 7.91. The van der Waals surface area contributed by atoms with Crippen LogP contribution in [0.1, 0.15) is 31.2 Å². The van der Waals surface area contributed by atoms with E-state index in [1.807, 2.05) is 24.3 Å². The maximum atomic E-state index is 12.4. The molecule has 2 N–H and O–H groups in total. The van der Waals surface area contributed by atoms with Gasteiger partial charge in [-0.1, -0.05) is 47.0 Å². The van der Waals surface area contributed by atoms with Crippen LogP contribution >= 0.6 is 15.9 Å². The van der Waals surface area contributed by atoms with Crippen LogP contribution in [-0.4, -0.2) is 12.3 Å². The molecule has 2 rings (SSSR count). The van der Waals surface area contributed by atoms with Crippen molar-refractivity contribution in [3.63, 3.8) is 0 Å². The van der Waals surface area contributed by atoms with E-state index in [4.69, 9.17) is 5.73 Å². The van der Waals surface area contributed by atoms with Crippen LogP contribution in [0.25, 0.3) is 0 Å². The summed E-state index contributed by atoms with van der Waals surface area (Å²) in [5.41, 5.74) is 6.65. The van der Waals surface area contributed by atoms with Crippen LogP contribution in [0.15, 0.2) is 28.7 Å². The van der Waals surface area contributed by atoms with E-state index in [-0.39, 0.29) is 5.41 Å². The summed E-state index contributed by atoms with van der Waals surface area (Å²) in [4.78, 5) is 12.4. The lowest BCUT2D eigenvalue weighted by Crippen LogP contribution is -2.37. The SMILES string of the molecule is NCC1(C(=O)Cc2ccccc2Br)CCCC1. The Hall–Kier alpha value is -0.670. The number of carbonyl (C=O) groups is 1. The summed E-state index contributed by atoms with van der Waals surface area (Å²) in [5, 5.41) is 0. The molecule has 2 nitrogen and oxygen atoms in total. The second kappa shape index (κ2) is 5.32. The van der Waals surface area contributed by atoms with Crippen molar-refractivity contribution in [1.29, 1.82) is 0 Å². The van der Waals surface area contributed by atoms with Gasteiger partial charge in [0.1, 0.15) is 5.78 Å². The molecule has 0 spiro atoms. The van der Waals surface area contributed by atoms with Gasteiger partial charge in [-0.3, -0.25) is 4.79 Å². The van der Waals surface area contributed by atoms with Crippen LogP contribution in [0.5, 0.6) is 0 Å². The average molecular weight is 296 g/mol. The van der Waals surface area contributed by atoms with Gasteiger partial charge in [-0.05, 0) is 24.5 Å². The van der Waals surface area contributed by atoms with Crippen molar-refractivity contribution in [2.24, 2.45) is 11.1 Å². The van der Waals surface area contributed by atoms with Crippen molar-refractivity contribution < 1.29 is 4.79 Å². The van der Waals surface area contributed by atoms with Crippen molar-refractivity contribution in [3.8, 4) is 0 Å². The Morgan fingerprint density at radius 1 is 1.29 bits per heavy atom. The number of ketones is 1. The Bertz CT molecular complexity index is 410. The molecule has 3 heteroatoms. The van der Waals surface area contributed by atoms with Crippen LogP contribution < -0.4 is 5.73 Å². The van der Waals surface area contributed by atoms with Gasteiger partial charge < -0.3 is 5.73 Å². The van der Waals surface area contributed by atoms with Crippen LogP contribution in [-0.2, 0) is 11.2 Å². The van der Waals surface area contributed by atoms with E-state index in [1.165, 1.54) is 0 Å². The number of Topliss-reactive ketones (excluding diaryl/α,β-unsaturated/α-hetero) is 1. The third-order valence-corrected chi connectivity index (χ3v) is 4.63. The van der Waals surface area contributed by atoms with Gasteiger partial charge in [-0.25, -0.2) is 0 Å². The van der Waals surface area contributed by atoms with Crippen LogP contribution in [0.3, 0.4) is 0 Å². The minimum atomic E-state index is -0.241. The second-order valence-corrected chi connectivity index (χ2v) is 5.74. The first-order chi connectivity index (χ1) is 8.18. The van der Waals surface area contributed by atoms with Gasteiger partial charge in [-0.2, -0.15) is 0 Å². The molecule has 0 amide bonds. The first-order valence-electron chi connectivity index (χ1n) is 6.15. The van der Waals surface area contributed by atoms with Gasteiger partial charge in [0.2, 0.25) is 0 Å². The maximum Gasteiger partial charge on any atom is 0.144 e. The standard InChI is InChI=1S/C14H18BrNO/c15-12-6-2-1-5-11(12)9-13(17)14(10-16)7-3-4-8-14/h1-2,5-6H,3-4,7-10,16H2. The molecule has 0 heterocycles.